The molecule has 7 heteroatoms. The van der Waals surface area contributed by atoms with Crippen LogP contribution in [0.4, 0.5) is 0 Å². The highest BCUT2D eigenvalue weighted by Crippen LogP contribution is 2.29. The van der Waals surface area contributed by atoms with E-state index in [4.69, 9.17) is 19.0 Å². The van der Waals surface area contributed by atoms with Gasteiger partial charge in [0.25, 0.3) is 5.91 Å². The van der Waals surface area contributed by atoms with Gasteiger partial charge in [-0.3, -0.25) is 9.69 Å². The first-order valence-corrected chi connectivity index (χ1v) is 12.6. The number of hydrogen-bond acceptors (Lipinski definition) is 6. The van der Waals surface area contributed by atoms with Gasteiger partial charge in [0.15, 0.2) is 5.76 Å². The zero-order chi connectivity index (χ0) is 25.3. The first-order valence-electron chi connectivity index (χ1n) is 12.6. The zero-order valence-corrected chi connectivity index (χ0v) is 21.1. The molecule has 1 saturated heterocycles. The largest absolute Gasteiger partial charge is 0.497 e. The van der Waals surface area contributed by atoms with Crippen molar-refractivity contribution in [1.29, 1.82) is 0 Å². The number of rotatable bonds is 11. The van der Waals surface area contributed by atoms with Crippen LogP contribution in [0.3, 0.4) is 0 Å². The Bertz CT molecular complexity index is 1090. The molecule has 0 bridgehead atoms. The van der Waals surface area contributed by atoms with E-state index in [0.29, 0.717) is 18.3 Å². The molecule has 192 valence electrons. The van der Waals surface area contributed by atoms with Gasteiger partial charge in [0, 0.05) is 19.6 Å². The molecular weight excluding hydrogens is 456 g/mol. The van der Waals surface area contributed by atoms with Crippen molar-refractivity contribution in [1.82, 2.24) is 9.80 Å². The molecule has 1 aromatic heterocycles. The number of nitrogens with zero attached hydrogens (tertiary/aromatic N) is 2. The standard InChI is InChI=1S/C29H36N2O5/c1-30(29(33)28-10-5-16-36-28)27(20-22-6-3-8-25(18-22)34-2)24-11-13-31(14-12-24)21-23-7-4-9-26(19-23)35-17-15-32/h3-10,16,18-19,24,27,32H,11-15,17,20-21H2,1-2H3. The number of benzene rings is 2. The van der Waals surface area contributed by atoms with E-state index in [1.165, 1.54) is 5.56 Å². The van der Waals surface area contributed by atoms with Crippen LogP contribution in [-0.2, 0) is 13.0 Å². The summed E-state index contributed by atoms with van der Waals surface area (Å²) in [5, 5.41) is 9.00. The monoisotopic (exact) mass is 492 g/mol. The van der Waals surface area contributed by atoms with Crippen molar-refractivity contribution in [3.8, 4) is 11.5 Å². The second-order valence-electron chi connectivity index (χ2n) is 9.35. The molecule has 0 spiro atoms. The van der Waals surface area contributed by atoms with E-state index < -0.39 is 0 Å². The number of carbonyl (C=O) groups is 1. The summed E-state index contributed by atoms with van der Waals surface area (Å²) < 4.78 is 16.4. The molecule has 0 aliphatic carbocycles. The molecule has 1 N–H and O–H groups in total. The van der Waals surface area contributed by atoms with Crippen LogP contribution in [0.2, 0.25) is 0 Å². The van der Waals surface area contributed by atoms with Crippen LogP contribution in [0.5, 0.6) is 11.5 Å². The summed E-state index contributed by atoms with van der Waals surface area (Å²) in [5.41, 5.74) is 2.35. The lowest BCUT2D eigenvalue weighted by Gasteiger charge is -2.40. The zero-order valence-electron chi connectivity index (χ0n) is 21.1. The fourth-order valence-corrected chi connectivity index (χ4v) is 5.04. The molecule has 7 nitrogen and oxygen atoms in total. The smallest absolute Gasteiger partial charge is 0.289 e. The van der Waals surface area contributed by atoms with E-state index in [-0.39, 0.29) is 18.6 Å². The molecular formula is C29H36N2O5. The van der Waals surface area contributed by atoms with Crippen molar-refractivity contribution in [3.05, 3.63) is 83.8 Å². The van der Waals surface area contributed by atoms with Gasteiger partial charge in [-0.05, 0) is 85.8 Å². The van der Waals surface area contributed by atoms with Gasteiger partial charge in [0.1, 0.15) is 18.1 Å². The molecule has 1 aliphatic heterocycles. The Labute approximate surface area is 213 Å². The molecule has 3 aromatic rings. The Morgan fingerprint density at radius 2 is 1.81 bits per heavy atom. The molecule has 0 saturated carbocycles. The summed E-state index contributed by atoms with van der Waals surface area (Å²) in [4.78, 5) is 17.5. The van der Waals surface area contributed by atoms with Crippen molar-refractivity contribution in [3.63, 3.8) is 0 Å². The fraction of sp³-hybridized carbons (Fsp3) is 0.414. The van der Waals surface area contributed by atoms with Gasteiger partial charge in [-0.25, -0.2) is 0 Å². The van der Waals surface area contributed by atoms with Gasteiger partial charge < -0.3 is 23.9 Å². The second kappa shape index (κ2) is 12.6. The lowest BCUT2D eigenvalue weighted by molar-refractivity contribution is 0.0556. The van der Waals surface area contributed by atoms with Crippen molar-refractivity contribution in [2.45, 2.75) is 31.8 Å². The number of methoxy groups -OCH3 is 1. The van der Waals surface area contributed by atoms with Gasteiger partial charge in [0.05, 0.1) is 20.0 Å². The highest BCUT2D eigenvalue weighted by Gasteiger charge is 2.32. The summed E-state index contributed by atoms with van der Waals surface area (Å²) in [6.45, 7) is 3.08. The van der Waals surface area contributed by atoms with Crippen molar-refractivity contribution < 1.29 is 23.8 Å². The Kier molecular flexibility index (Phi) is 9.03. The van der Waals surface area contributed by atoms with E-state index in [2.05, 4.69) is 23.1 Å². The van der Waals surface area contributed by atoms with E-state index in [9.17, 15) is 4.79 Å². The van der Waals surface area contributed by atoms with Crippen LogP contribution >= 0.6 is 0 Å². The number of hydrogen-bond donors (Lipinski definition) is 1. The molecule has 0 radical (unpaired) electrons. The van der Waals surface area contributed by atoms with E-state index in [1.54, 1.807) is 25.5 Å². The predicted molar refractivity (Wildman–Crippen MR) is 138 cm³/mol. The van der Waals surface area contributed by atoms with Gasteiger partial charge in [-0.15, -0.1) is 0 Å². The summed E-state index contributed by atoms with van der Waals surface area (Å²) in [5.74, 6) is 2.26. The summed E-state index contributed by atoms with van der Waals surface area (Å²) in [6.07, 6.45) is 4.31. The Morgan fingerprint density at radius 1 is 1.08 bits per heavy atom. The Morgan fingerprint density at radius 3 is 2.50 bits per heavy atom. The van der Waals surface area contributed by atoms with Crippen LogP contribution in [0.1, 0.15) is 34.5 Å². The average Bonchev–Trinajstić information content (AvgIpc) is 3.46. The van der Waals surface area contributed by atoms with Gasteiger partial charge in [-0.1, -0.05) is 24.3 Å². The van der Waals surface area contributed by atoms with Crippen LogP contribution in [0.25, 0.3) is 0 Å². The summed E-state index contributed by atoms with van der Waals surface area (Å²) in [7, 11) is 3.56. The molecule has 2 heterocycles. The van der Waals surface area contributed by atoms with Gasteiger partial charge in [-0.2, -0.15) is 0 Å². The highest BCUT2D eigenvalue weighted by atomic mass is 16.5. The van der Waals surface area contributed by atoms with Crippen molar-refractivity contribution >= 4 is 5.91 Å². The number of aliphatic hydroxyl groups excluding tert-OH is 1. The molecule has 1 unspecified atom stereocenters. The van der Waals surface area contributed by atoms with E-state index >= 15 is 0 Å². The maximum atomic E-state index is 13.2. The number of aliphatic hydroxyl groups is 1. The lowest BCUT2D eigenvalue weighted by Crippen LogP contribution is -2.47. The number of furan rings is 1. The first kappa shape index (κ1) is 25.8. The van der Waals surface area contributed by atoms with Crippen LogP contribution in [-0.4, -0.2) is 67.3 Å². The van der Waals surface area contributed by atoms with Crippen molar-refractivity contribution in [2.75, 3.05) is 40.5 Å². The SMILES string of the molecule is COc1cccc(CC(C2CCN(Cc3cccc(OCCO)c3)CC2)N(C)C(=O)c2ccco2)c1. The van der Waals surface area contributed by atoms with Crippen molar-refractivity contribution in [2.24, 2.45) is 5.92 Å². The Balaban J connectivity index is 1.43. The number of ether oxygens (including phenoxy) is 2. The van der Waals surface area contributed by atoms with Gasteiger partial charge in [0.2, 0.25) is 0 Å². The number of carbonyl (C=O) groups excluding carboxylic acids is 1. The third kappa shape index (κ3) is 6.68. The number of piperidine rings is 1. The van der Waals surface area contributed by atoms with Crippen LogP contribution in [0, 0.1) is 5.92 Å². The fourth-order valence-electron chi connectivity index (χ4n) is 5.04. The number of likely N-dealkylation sites (N-methyl/N-ethyl adjacent to an activating group) is 1. The molecule has 1 amide bonds. The second-order valence-corrected chi connectivity index (χ2v) is 9.35. The quantitative estimate of drug-likeness (QED) is 0.431. The molecule has 4 rings (SSSR count). The minimum Gasteiger partial charge on any atom is -0.497 e. The van der Waals surface area contributed by atoms with Crippen LogP contribution < -0.4 is 9.47 Å². The molecule has 36 heavy (non-hydrogen) atoms. The Hall–Kier alpha value is -3.29. The van der Waals surface area contributed by atoms with Crippen LogP contribution in [0.15, 0.2) is 71.3 Å². The number of amides is 1. The molecule has 1 atom stereocenters. The topological polar surface area (TPSA) is 75.4 Å². The minimum atomic E-state index is -0.0879. The molecule has 1 fully saturated rings. The predicted octanol–water partition coefficient (Wildman–Crippen LogP) is 4.25. The maximum Gasteiger partial charge on any atom is 0.289 e. The first-order chi connectivity index (χ1) is 17.6. The summed E-state index contributed by atoms with van der Waals surface area (Å²) >= 11 is 0. The average molecular weight is 493 g/mol. The van der Waals surface area contributed by atoms with Gasteiger partial charge >= 0.3 is 0 Å². The minimum absolute atomic E-state index is 0.00550. The third-order valence-corrected chi connectivity index (χ3v) is 6.97. The van der Waals surface area contributed by atoms with E-state index in [0.717, 1.165) is 56.0 Å². The lowest BCUT2D eigenvalue weighted by atomic mass is 9.84. The molecule has 2 aromatic carbocycles. The summed E-state index contributed by atoms with van der Waals surface area (Å²) in [6, 6.07) is 19.7. The van der Waals surface area contributed by atoms with E-state index in [1.807, 2.05) is 42.3 Å². The maximum absolute atomic E-state index is 13.2. The normalized spacial score (nSPS) is 15.4. The third-order valence-electron chi connectivity index (χ3n) is 6.97. The molecule has 1 aliphatic rings. The highest BCUT2D eigenvalue weighted by molar-refractivity contribution is 5.91. The number of likely N-dealkylation sites (tertiary alicyclic amines) is 1.